The Balaban J connectivity index is 1.76. The highest BCUT2D eigenvalue weighted by Gasteiger charge is 2.23. The first-order valence-electron chi connectivity index (χ1n) is 8.18. The molecule has 0 fully saturated rings. The van der Waals surface area contributed by atoms with Gasteiger partial charge in [0.1, 0.15) is 11.6 Å². The zero-order valence-corrected chi connectivity index (χ0v) is 16.0. The summed E-state index contributed by atoms with van der Waals surface area (Å²) in [6.07, 6.45) is 3.57. The van der Waals surface area contributed by atoms with Gasteiger partial charge < -0.3 is 4.42 Å². The van der Waals surface area contributed by atoms with Gasteiger partial charge in [0, 0.05) is 10.5 Å². The molecule has 0 unspecified atom stereocenters. The van der Waals surface area contributed by atoms with Gasteiger partial charge in [0.15, 0.2) is 5.13 Å². The summed E-state index contributed by atoms with van der Waals surface area (Å²) in [7, 11) is 0. The lowest BCUT2D eigenvalue weighted by molar-refractivity contribution is 0.0983. The Bertz CT molecular complexity index is 1090. The number of nitrogens with zero attached hydrogens (tertiary/aromatic N) is 2. The van der Waals surface area contributed by atoms with Crippen LogP contribution in [0.3, 0.4) is 0 Å². The minimum atomic E-state index is -0.451. The second kappa shape index (κ2) is 7.54. The lowest BCUT2D eigenvalue weighted by Gasteiger charge is -2.18. The van der Waals surface area contributed by atoms with Gasteiger partial charge >= 0.3 is 0 Å². The largest absolute Gasteiger partial charge is 0.467 e. The monoisotopic (exact) mass is 398 g/mol. The predicted octanol–water partition coefficient (Wildman–Crippen LogP) is 5.60. The van der Waals surface area contributed by atoms with Gasteiger partial charge in [0.05, 0.1) is 23.0 Å². The smallest absolute Gasteiger partial charge is 0.260 e. The highest BCUT2D eigenvalue weighted by molar-refractivity contribution is 7.98. The maximum Gasteiger partial charge on any atom is 0.260 e. The third-order valence-corrected chi connectivity index (χ3v) is 5.79. The van der Waals surface area contributed by atoms with Crippen molar-refractivity contribution in [2.45, 2.75) is 11.4 Å². The van der Waals surface area contributed by atoms with Crippen molar-refractivity contribution in [3.63, 3.8) is 0 Å². The van der Waals surface area contributed by atoms with Crippen molar-refractivity contribution >= 4 is 44.4 Å². The number of carbonyl (C=O) groups is 1. The fourth-order valence-corrected chi connectivity index (χ4v) is 4.21. The molecule has 0 bridgehead atoms. The standard InChI is InChI=1S/C20H15FN2O2S2/c1-26-16-7-8-17-18(11-16)27-20(22-17)23(12-15-6-3-9-25-15)19(24)13-4-2-5-14(21)10-13/h2-11H,12H2,1H3. The van der Waals surface area contributed by atoms with Gasteiger partial charge in [0.25, 0.3) is 5.91 Å². The quantitative estimate of drug-likeness (QED) is 0.411. The number of hydrogen-bond acceptors (Lipinski definition) is 5. The third-order valence-electron chi connectivity index (χ3n) is 4.03. The molecule has 27 heavy (non-hydrogen) atoms. The number of aromatic nitrogens is 1. The molecule has 2 aromatic heterocycles. The average Bonchev–Trinajstić information content (AvgIpc) is 3.34. The summed E-state index contributed by atoms with van der Waals surface area (Å²) in [5.74, 6) is -0.147. The number of furan rings is 1. The summed E-state index contributed by atoms with van der Waals surface area (Å²) in [6.45, 7) is 0.220. The van der Waals surface area contributed by atoms with Gasteiger partial charge in [-0.1, -0.05) is 17.4 Å². The van der Waals surface area contributed by atoms with E-state index in [2.05, 4.69) is 11.1 Å². The van der Waals surface area contributed by atoms with Crippen LogP contribution >= 0.6 is 23.1 Å². The van der Waals surface area contributed by atoms with E-state index in [0.29, 0.717) is 10.9 Å². The van der Waals surface area contributed by atoms with Crippen LogP contribution in [0.4, 0.5) is 9.52 Å². The van der Waals surface area contributed by atoms with Crippen LogP contribution < -0.4 is 4.90 Å². The van der Waals surface area contributed by atoms with Gasteiger partial charge in [-0.25, -0.2) is 9.37 Å². The Morgan fingerprint density at radius 2 is 2.11 bits per heavy atom. The number of benzene rings is 2. The number of halogens is 1. The molecule has 0 N–H and O–H groups in total. The van der Waals surface area contributed by atoms with E-state index in [4.69, 9.17) is 4.42 Å². The number of rotatable bonds is 5. The van der Waals surface area contributed by atoms with Crippen LogP contribution in [0.25, 0.3) is 10.2 Å². The van der Waals surface area contributed by atoms with Crippen LogP contribution in [-0.2, 0) is 6.54 Å². The molecule has 7 heteroatoms. The number of anilines is 1. The highest BCUT2D eigenvalue weighted by Crippen LogP contribution is 2.33. The van der Waals surface area contributed by atoms with Gasteiger partial charge in [-0.05, 0) is 54.8 Å². The molecule has 4 aromatic rings. The molecule has 0 spiro atoms. The van der Waals surface area contributed by atoms with E-state index < -0.39 is 5.82 Å². The number of carbonyl (C=O) groups excluding carboxylic acids is 1. The fraction of sp³-hybridized carbons (Fsp3) is 0.100. The highest BCUT2D eigenvalue weighted by atomic mass is 32.2. The SMILES string of the molecule is CSc1ccc2nc(N(Cc3ccco3)C(=O)c3cccc(F)c3)sc2c1. The lowest BCUT2D eigenvalue weighted by atomic mass is 10.2. The molecule has 0 aliphatic rings. The lowest BCUT2D eigenvalue weighted by Crippen LogP contribution is -2.30. The molecule has 0 aliphatic carbocycles. The van der Waals surface area contributed by atoms with E-state index in [-0.39, 0.29) is 18.0 Å². The summed E-state index contributed by atoms with van der Waals surface area (Å²) in [6, 6.07) is 15.2. The van der Waals surface area contributed by atoms with E-state index in [1.807, 2.05) is 18.4 Å². The van der Waals surface area contributed by atoms with Crippen molar-refractivity contribution in [1.82, 2.24) is 4.98 Å². The molecule has 2 heterocycles. The van der Waals surface area contributed by atoms with Gasteiger partial charge in [0.2, 0.25) is 0 Å². The summed E-state index contributed by atoms with van der Waals surface area (Å²) < 4.78 is 20.0. The maximum atomic E-state index is 13.6. The Morgan fingerprint density at radius 3 is 2.85 bits per heavy atom. The summed E-state index contributed by atoms with van der Waals surface area (Å²) in [5, 5.41) is 0.550. The molecule has 0 saturated carbocycles. The Hall–Kier alpha value is -2.64. The number of thioether (sulfide) groups is 1. The molecule has 4 rings (SSSR count). The predicted molar refractivity (Wildman–Crippen MR) is 107 cm³/mol. The second-order valence-electron chi connectivity index (χ2n) is 5.81. The molecule has 0 aliphatic heterocycles. The van der Waals surface area contributed by atoms with E-state index >= 15 is 0 Å². The number of hydrogen-bond donors (Lipinski definition) is 0. The first kappa shape index (κ1) is 17.8. The zero-order valence-electron chi connectivity index (χ0n) is 14.4. The number of thiazole rings is 1. The molecule has 2 aromatic carbocycles. The average molecular weight is 398 g/mol. The minimum absolute atomic E-state index is 0.220. The van der Waals surface area contributed by atoms with Crippen LogP contribution in [0.2, 0.25) is 0 Å². The third kappa shape index (κ3) is 3.74. The molecular formula is C20H15FN2O2S2. The van der Waals surface area contributed by atoms with Crippen molar-refractivity contribution < 1.29 is 13.6 Å². The van der Waals surface area contributed by atoms with Crippen molar-refractivity contribution in [3.8, 4) is 0 Å². The topological polar surface area (TPSA) is 46.3 Å². The number of fused-ring (bicyclic) bond motifs is 1. The number of amides is 1. The first-order chi connectivity index (χ1) is 13.1. The van der Waals surface area contributed by atoms with E-state index in [0.717, 1.165) is 15.1 Å². The van der Waals surface area contributed by atoms with Crippen LogP contribution in [0.1, 0.15) is 16.1 Å². The van der Waals surface area contributed by atoms with E-state index in [1.54, 1.807) is 36.2 Å². The Labute approximate surface area is 163 Å². The minimum Gasteiger partial charge on any atom is -0.467 e. The zero-order chi connectivity index (χ0) is 18.8. The first-order valence-corrected chi connectivity index (χ1v) is 10.2. The Morgan fingerprint density at radius 1 is 1.22 bits per heavy atom. The van der Waals surface area contributed by atoms with Crippen molar-refractivity contribution in [2.24, 2.45) is 0 Å². The van der Waals surface area contributed by atoms with E-state index in [9.17, 15) is 9.18 Å². The molecular weight excluding hydrogens is 383 g/mol. The summed E-state index contributed by atoms with van der Waals surface area (Å²) in [5.41, 5.74) is 1.09. The van der Waals surface area contributed by atoms with Gasteiger partial charge in [-0.2, -0.15) is 0 Å². The van der Waals surface area contributed by atoms with Crippen LogP contribution in [-0.4, -0.2) is 17.1 Å². The Kier molecular flexibility index (Phi) is 4.96. The fourth-order valence-electron chi connectivity index (χ4n) is 2.70. The molecule has 0 radical (unpaired) electrons. The van der Waals surface area contributed by atoms with E-state index in [1.165, 1.54) is 34.4 Å². The van der Waals surface area contributed by atoms with Crippen molar-refractivity contribution in [2.75, 3.05) is 11.2 Å². The summed E-state index contributed by atoms with van der Waals surface area (Å²) >= 11 is 3.08. The maximum absolute atomic E-state index is 13.6. The molecule has 4 nitrogen and oxygen atoms in total. The van der Waals surface area contributed by atoms with Crippen LogP contribution in [0, 0.1) is 5.82 Å². The van der Waals surface area contributed by atoms with Gasteiger partial charge in [-0.3, -0.25) is 9.69 Å². The van der Waals surface area contributed by atoms with Crippen LogP contribution in [0.15, 0.2) is 70.2 Å². The second-order valence-corrected chi connectivity index (χ2v) is 7.70. The molecule has 136 valence electrons. The molecule has 0 atom stereocenters. The van der Waals surface area contributed by atoms with Crippen molar-refractivity contribution in [1.29, 1.82) is 0 Å². The molecule has 0 saturated heterocycles. The van der Waals surface area contributed by atoms with Crippen molar-refractivity contribution in [3.05, 3.63) is 78.0 Å². The normalized spacial score (nSPS) is 11.0. The summed E-state index contributed by atoms with van der Waals surface area (Å²) in [4.78, 5) is 20.4. The molecule has 1 amide bonds. The van der Waals surface area contributed by atoms with Crippen LogP contribution in [0.5, 0.6) is 0 Å². The van der Waals surface area contributed by atoms with Gasteiger partial charge in [-0.15, -0.1) is 11.8 Å².